The summed E-state index contributed by atoms with van der Waals surface area (Å²) in [5.74, 6) is 0.187. The zero-order chi connectivity index (χ0) is 9.97. The van der Waals surface area contributed by atoms with E-state index < -0.39 is 0 Å². The fourth-order valence-electron chi connectivity index (χ4n) is 1.11. The Labute approximate surface area is 91.0 Å². The summed E-state index contributed by atoms with van der Waals surface area (Å²) in [6.45, 7) is 0. The molecule has 0 aliphatic heterocycles. The van der Waals surface area contributed by atoms with Crippen LogP contribution >= 0.6 is 23.8 Å². The van der Waals surface area contributed by atoms with E-state index in [1.165, 1.54) is 0 Å². The first-order valence-electron chi connectivity index (χ1n) is 4.01. The van der Waals surface area contributed by atoms with Gasteiger partial charge in [-0.25, -0.2) is 0 Å². The number of nitrogens with one attached hydrogen (secondary N) is 1. The van der Waals surface area contributed by atoms with Crippen LogP contribution in [0.2, 0.25) is 0 Å². The number of benzene rings is 1. The molecule has 0 bridgehead atoms. The minimum Gasteiger partial charge on any atom is -0.417 e. The van der Waals surface area contributed by atoms with Crippen molar-refractivity contribution >= 4 is 39.9 Å². The summed E-state index contributed by atoms with van der Waals surface area (Å²) >= 11 is 10.3. The summed E-state index contributed by atoms with van der Waals surface area (Å²) in [7, 11) is 0. The Hall–Kier alpha value is -1.13. The lowest BCUT2D eigenvalue weighted by atomic mass is 10.3. The van der Waals surface area contributed by atoms with Crippen molar-refractivity contribution in [2.24, 2.45) is 0 Å². The van der Waals surface area contributed by atoms with Crippen molar-refractivity contribution in [3.05, 3.63) is 24.3 Å². The number of thiocarbonyl (C=S) groups is 1. The molecule has 5 heteroatoms. The molecule has 1 aromatic heterocycles. The number of ether oxygens (including phenoxy) is 1. The molecule has 72 valence electrons. The maximum absolute atomic E-state index is 5.49. The summed E-state index contributed by atoms with van der Waals surface area (Å²) in [5.41, 5.74) is 1.76. The van der Waals surface area contributed by atoms with Crippen LogP contribution in [0.25, 0.3) is 11.0 Å². The Kier molecular flexibility index (Phi) is 2.65. The zero-order valence-corrected chi connectivity index (χ0v) is 8.73. The average Bonchev–Trinajstić information content (AvgIpc) is 2.59. The lowest BCUT2D eigenvalue weighted by Crippen LogP contribution is -2.07. The summed E-state index contributed by atoms with van der Waals surface area (Å²) < 4.78 is 5.18. The quantitative estimate of drug-likeness (QED) is 0.632. The molecule has 1 aromatic carbocycles. The Bertz CT molecular complexity index is 436. The van der Waals surface area contributed by atoms with E-state index in [1.54, 1.807) is 0 Å². The van der Waals surface area contributed by atoms with E-state index in [1.807, 2.05) is 24.3 Å². The van der Waals surface area contributed by atoms with Crippen LogP contribution in [-0.4, -0.2) is 20.9 Å². The number of rotatable bonds is 2. The van der Waals surface area contributed by atoms with Crippen molar-refractivity contribution in [2.75, 3.05) is 5.88 Å². The van der Waals surface area contributed by atoms with Gasteiger partial charge < -0.3 is 9.72 Å². The second-order valence-electron chi connectivity index (χ2n) is 2.67. The molecule has 14 heavy (non-hydrogen) atoms. The normalized spacial score (nSPS) is 10.4. The minimum atomic E-state index is 0.187. The van der Waals surface area contributed by atoms with E-state index in [4.69, 9.17) is 28.6 Å². The van der Waals surface area contributed by atoms with Gasteiger partial charge in [0.05, 0.1) is 16.9 Å². The van der Waals surface area contributed by atoms with E-state index in [-0.39, 0.29) is 5.88 Å². The van der Waals surface area contributed by atoms with Crippen molar-refractivity contribution in [3.63, 3.8) is 0 Å². The number of H-pyrrole nitrogens is 1. The number of hydrogen-bond acceptors (Lipinski definition) is 3. The number of aromatic nitrogens is 2. The smallest absolute Gasteiger partial charge is 0.300 e. The number of alkyl halides is 1. The number of fused-ring (bicyclic) bond motifs is 1. The van der Waals surface area contributed by atoms with Crippen molar-refractivity contribution < 1.29 is 4.74 Å². The molecular weight excluding hydrogens is 220 g/mol. The maximum Gasteiger partial charge on any atom is 0.300 e. The van der Waals surface area contributed by atoms with Gasteiger partial charge in [-0.05, 0) is 24.4 Å². The number of halogens is 1. The Morgan fingerprint density at radius 1 is 1.50 bits per heavy atom. The van der Waals surface area contributed by atoms with Gasteiger partial charge in [0.25, 0.3) is 0 Å². The third kappa shape index (κ3) is 1.86. The van der Waals surface area contributed by atoms with Crippen LogP contribution in [0, 0.1) is 0 Å². The highest BCUT2D eigenvalue weighted by Crippen LogP contribution is 2.15. The van der Waals surface area contributed by atoms with Crippen LogP contribution < -0.4 is 4.74 Å². The van der Waals surface area contributed by atoms with Gasteiger partial charge in [0.1, 0.15) is 0 Å². The third-order valence-corrected chi connectivity index (χ3v) is 2.32. The molecule has 3 nitrogen and oxygen atoms in total. The van der Waals surface area contributed by atoms with Crippen molar-refractivity contribution in [3.8, 4) is 6.01 Å². The molecule has 0 radical (unpaired) electrons. The molecular formula is C9H7ClN2OS. The highest BCUT2D eigenvalue weighted by Gasteiger charge is 2.04. The number of aromatic amines is 1. The highest BCUT2D eigenvalue weighted by atomic mass is 35.5. The van der Waals surface area contributed by atoms with Gasteiger partial charge in [0.2, 0.25) is 0 Å². The first kappa shape index (κ1) is 9.43. The molecule has 0 amide bonds. The molecule has 1 heterocycles. The van der Waals surface area contributed by atoms with E-state index in [9.17, 15) is 0 Å². The van der Waals surface area contributed by atoms with Crippen LogP contribution in [0.1, 0.15) is 0 Å². The lowest BCUT2D eigenvalue weighted by molar-refractivity contribution is 0.522. The Morgan fingerprint density at radius 2 is 2.29 bits per heavy atom. The predicted octanol–water partition coefficient (Wildman–Crippen LogP) is 2.51. The van der Waals surface area contributed by atoms with Gasteiger partial charge >= 0.3 is 6.01 Å². The third-order valence-electron chi connectivity index (χ3n) is 1.69. The van der Waals surface area contributed by atoms with E-state index in [0.29, 0.717) is 11.1 Å². The van der Waals surface area contributed by atoms with Crippen molar-refractivity contribution in [1.82, 2.24) is 9.97 Å². The first-order chi connectivity index (χ1) is 6.79. The number of nitrogens with zero attached hydrogens (tertiary/aromatic N) is 1. The SMILES string of the molecule is S=C(CCl)Oc1nc2ccccc2[nH]1. The zero-order valence-electron chi connectivity index (χ0n) is 7.16. The second-order valence-corrected chi connectivity index (χ2v) is 3.39. The van der Waals surface area contributed by atoms with Gasteiger partial charge in [-0.3, -0.25) is 0 Å². The number of imidazole rings is 1. The van der Waals surface area contributed by atoms with Crippen LogP contribution in [0.4, 0.5) is 0 Å². The highest BCUT2D eigenvalue weighted by molar-refractivity contribution is 7.80. The molecule has 0 saturated heterocycles. The van der Waals surface area contributed by atoms with Gasteiger partial charge in [0, 0.05) is 0 Å². The lowest BCUT2D eigenvalue weighted by Gasteiger charge is -1.97. The van der Waals surface area contributed by atoms with Gasteiger partial charge in [0.15, 0.2) is 5.05 Å². The fraction of sp³-hybridized carbons (Fsp3) is 0.111. The first-order valence-corrected chi connectivity index (χ1v) is 4.95. The molecule has 0 saturated carbocycles. The standard InChI is InChI=1S/C9H7ClN2OS/c10-5-8(14)13-9-11-6-3-1-2-4-7(6)12-9/h1-4H,5H2,(H,11,12). The molecule has 2 aromatic rings. The minimum absolute atomic E-state index is 0.187. The average molecular weight is 227 g/mol. The summed E-state index contributed by atoms with van der Waals surface area (Å²) in [6.07, 6.45) is 0. The van der Waals surface area contributed by atoms with E-state index >= 15 is 0 Å². The van der Waals surface area contributed by atoms with Crippen LogP contribution in [0.3, 0.4) is 0 Å². The molecule has 0 atom stereocenters. The van der Waals surface area contributed by atoms with Crippen LogP contribution in [0.15, 0.2) is 24.3 Å². The van der Waals surface area contributed by atoms with E-state index in [2.05, 4.69) is 9.97 Å². The van der Waals surface area contributed by atoms with Crippen molar-refractivity contribution in [2.45, 2.75) is 0 Å². The molecule has 0 unspecified atom stereocenters. The molecule has 2 rings (SSSR count). The summed E-state index contributed by atoms with van der Waals surface area (Å²) in [5, 5.41) is 0.311. The van der Waals surface area contributed by atoms with E-state index in [0.717, 1.165) is 11.0 Å². The van der Waals surface area contributed by atoms with Crippen LogP contribution in [0.5, 0.6) is 6.01 Å². The summed E-state index contributed by atoms with van der Waals surface area (Å²) in [6, 6.07) is 8.02. The van der Waals surface area contributed by atoms with Gasteiger partial charge in [-0.1, -0.05) is 12.1 Å². The molecule has 0 fully saturated rings. The molecule has 0 aliphatic carbocycles. The topological polar surface area (TPSA) is 37.9 Å². The molecule has 1 N–H and O–H groups in total. The largest absolute Gasteiger partial charge is 0.417 e. The van der Waals surface area contributed by atoms with Crippen LogP contribution in [-0.2, 0) is 0 Å². The number of para-hydroxylation sites is 2. The fourth-order valence-corrected chi connectivity index (χ4v) is 1.25. The maximum atomic E-state index is 5.49. The monoisotopic (exact) mass is 226 g/mol. The second kappa shape index (κ2) is 3.94. The molecule has 0 aliphatic rings. The van der Waals surface area contributed by atoms with Crippen molar-refractivity contribution in [1.29, 1.82) is 0 Å². The van der Waals surface area contributed by atoms with Gasteiger partial charge in [-0.2, -0.15) is 4.98 Å². The number of hydrogen-bond donors (Lipinski definition) is 1. The Balaban J connectivity index is 2.31. The summed E-state index contributed by atoms with van der Waals surface area (Å²) in [4.78, 5) is 7.16. The molecule has 0 spiro atoms. The Morgan fingerprint density at radius 3 is 3.00 bits per heavy atom. The van der Waals surface area contributed by atoms with Gasteiger partial charge in [-0.15, -0.1) is 11.6 Å². The predicted molar refractivity (Wildman–Crippen MR) is 60.0 cm³/mol.